The highest BCUT2D eigenvalue weighted by molar-refractivity contribution is 7.92. The molecule has 172 valence electrons. The molecule has 0 spiro atoms. The van der Waals surface area contributed by atoms with E-state index in [1.165, 1.54) is 43.3 Å². The molecule has 0 radical (unpaired) electrons. The van der Waals surface area contributed by atoms with Crippen molar-refractivity contribution >= 4 is 50.8 Å². The first kappa shape index (κ1) is 24.3. The maximum Gasteiger partial charge on any atom is 0.340 e. The Morgan fingerprint density at radius 3 is 2.56 bits per heavy atom. The highest BCUT2D eigenvalue weighted by Crippen LogP contribution is 2.24. The van der Waals surface area contributed by atoms with Crippen molar-refractivity contribution < 1.29 is 27.5 Å². The summed E-state index contributed by atoms with van der Waals surface area (Å²) in [4.78, 5) is 24.6. The fraction of sp³-hybridized carbons (Fsp3) is 0.333. The number of amides is 1. The van der Waals surface area contributed by atoms with Crippen LogP contribution in [0.15, 0.2) is 47.4 Å². The lowest BCUT2D eigenvalue weighted by molar-refractivity contribution is -0.129. The number of hydrogen-bond acceptors (Lipinski definition) is 6. The average molecular weight is 501 g/mol. The van der Waals surface area contributed by atoms with E-state index in [-0.39, 0.29) is 21.6 Å². The van der Waals surface area contributed by atoms with Crippen molar-refractivity contribution in [3.05, 3.63) is 58.1 Å². The second-order valence-corrected chi connectivity index (χ2v) is 9.71. The number of nitrogens with one attached hydrogen (secondary N) is 2. The predicted octanol–water partition coefficient (Wildman–Crippen LogP) is 3.63. The third-order valence-corrected chi connectivity index (χ3v) is 6.71. The molecule has 1 aliphatic heterocycles. The van der Waals surface area contributed by atoms with Crippen molar-refractivity contribution in [3.8, 4) is 0 Å². The van der Waals surface area contributed by atoms with Crippen molar-refractivity contribution in [2.75, 3.05) is 17.9 Å². The van der Waals surface area contributed by atoms with Crippen molar-refractivity contribution in [1.82, 2.24) is 5.32 Å². The van der Waals surface area contributed by atoms with Crippen molar-refractivity contribution in [2.45, 2.75) is 36.9 Å². The van der Waals surface area contributed by atoms with Crippen LogP contribution >= 0.6 is 23.2 Å². The van der Waals surface area contributed by atoms with Crippen LogP contribution in [0.5, 0.6) is 0 Å². The summed E-state index contributed by atoms with van der Waals surface area (Å²) in [5, 5.41) is 3.12. The third-order valence-electron chi connectivity index (χ3n) is 4.75. The normalized spacial score (nSPS) is 16.9. The fourth-order valence-electron chi connectivity index (χ4n) is 3.00. The van der Waals surface area contributed by atoms with Crippen molar-refractivity contribution in [3.63, 3.8) is 0 Å². The molecular formula is C21H22Cl2N2O6S. The van der Waals surface area contributed by atoms with E-state index in [9.17, 15) is 18.0 Å². The minimum atomic E-state index is -4.01. The summed E-state index contributed by atoms with van der Waals surface area (Å²) in [5.74, 6) is -1.41. The van der Waals surface area contributed by atoms with Crippen LogP contribution in [0.3, 0.4) is 0 Å². The summed E-state index contributed by atoms with van der Waals surface area (Å²) in [6.07, 6.45) is 0.643. The Hall–Kier alpha value is -2.33. The Kier molecular flexibility index (Phi) is 8.00. The van der Waals surface area contributed by atoms with Gasteiger partial charge in [-0.1, -0.05) is 23.2 Å². The second-order valence-electron chi connectivity index (χ2n) is 7.18. The molecule has 1 saturated heterocycles. The average Bonchev–Trinajstić information content (AvgIpc) is 3.27. The van der Waals surface area contributed by atoms with Crippen molar-refractivity contribution in [2.24, 2.45) is 0 Å². The first-order valence-corrected chi connectivity index (χ1v) is 12.1. The minimum absolute atomic E-state index is 0.00703. The molecule has 2 atom stereocenters. The predicted molar refractivity (Wildman–Crippen MR) is 121 cm³/mol. The van der Waals surface area contributed by atoms with Gasteiger partial charge >= 0.3 is 5.97 Å². The lowest BCUT2D eigenvalue weighted by Crippen LogP contribution is -2.39. The van der Waals surface area contributed by atoms with Crippen LogP contribution in [0.2, 0.25) is 10.0 Å². The summed E-state index contributed by atoms with van der Waals surface area (Å²) in [6.45, 7) is 2.40. The molecule has 11 heteroatoms. The number of sulfonamides is 1. The van der Waals surface area contributed by atoms with Gasteiger partial charge in [0.05, 0.1) is 21.6 Å². The van der Waals surface area contributed by atoms with Crippen LogP contribution in [0.25, 0.3) is 0 Å². The maximum absolute atomic E-state index is 12.7. The zero-order valence-corrected chi connectivity index (χ0v) is 19.5. The zero-order valence-electron chi connectivity index (χ0n) is 17.1. The molecule has 1 heterocycles. The molecule has 2 aromatic carbocycles. The van der Waals surface area contributed by atoms with E-state index in [0.717, 1.165) is 18.9 Å². The number of esters is 1. The summed E-state index contributed by atoms with van der Waals surface area (Å²) in [6, 6.07) is 9.71. The van der Waals surface area contributed by atoms with Gasteiger partial charge in [0.2, 0.25) is 0 Å². The van der Waals surface area contributed by atoms with Gasteiger partial charge < -0.3 is 14.8 Å². The van der Waals surface area contributed by atoms with E-state index in [2.05, 4.69) is 10.0 Å². The fourth-order valence-corrected chi connectivity index (χ4v) is 4.41. The molecule has 1 aliphatic rings. The Morgan fingerprint density at radius 2 is 1.91 bits per heavy atom. The van der Waals surface area contributed by atoms with E-state index in [0.29, 0.717) is 23.9 Å². The van der Waals surface area contributed by atoms with Gasteiger partial charge in [-0.05, 0) is 62.2 Å². The smallest absolute Gasteiger partial charge is 0.340 e. The van der Waals surface area contributed by atoms with E-state index >= 15 is 0 Å². The van der Waals surface area contributed by atoms with Crippen LogP contribution in [0.4, 0.5) is 5.69 Å². The monoisotopic (exact) mass is 500 g/mol. The maximum atomic E-state index is 12.7. The first-order chi connectivity index (χ1) is 15.2. The molecular weight excluding hydrogens is 479 g/mol. The molecule has 2 unspecified atom stereocenters. The Balaban J connectivity index is 1.67. The number of benzene rings is 2. The van der Waals surface area contributed by atoms with Gasteiger partial charge in [-0.2, -0.15) is 0 Å². The Morgan fingerprint density at radius 1 is 1.19 bits per heavy atom. The summed E-state index contributed by atoms with van der Waals surface area (Å²) in [7, 11) is -4.01. The Bertz CT molecular complexity index is 1090. The van der Waals surface area contributed by atoms with E-state index in [4.69, 9.17) is 32.7 Å². The van der Waals surface area contributed by atoms with Gasteiger partial charge in [0, 0.05) is 23.9 Å². The van der Waals surface area contributed by atoms with Gasteiger partial charge in [-0.3, -0.25) is 9.52 Å². The van der Waals surface area contributed by atoms with E-state index in [1.807, 2.05) is 0 Å². The van der Waals surface area contributed by atoms with Gasteiger partial charge in [0.1, 0.15) is 0 Å². The number of rotatable bonds is 8. The van der Waals surface area contributed by atoms with Gasteiger partial charge in [0.25, 0.3) is 15.9 Å². The molecule has 0 saturated carbocycles. The molecule has 8 nitrogen and oxygen atoms in total. The molecule has 2 aromatic rings. The summed E-state index contributed by atoms with van der Waals surface area (Å²) >= 11 is 11.9. The summed E-state index contributed by atoms with van der Waals surface area (Å²) < 4.78 is 38.4. The molecule has 0 aliphatic carbocycles. The number of carbonyl (C=O) groups is 2. The van der Waals surface area contributed by atoms with Crippen LogP contribution in [-0.2, 0) is 24.3 Å². The number of halogens is 2. The molecule has 1 fully saturated rings. The van der Waals surface area contributed by atoms with Gasteiger partial charge in [0.15, 0.2) is 6.10 Å². The van der Waals surface area contributed by atoms with E-state index < -0.39 is 28.0 Å². The molecule has 2 N–H and O–H groups in total. The quantitative estimate of drug-likeness (QED) is 0.535. The lowest BCUT2D eigenvalue weighted by atomic mass is 10.2. The second kappa shape index (κ2) is 10.5. The highest BCUT2D eigenvalue weighted by Gasteiger charge is 2.24. The summed E-state index contributed by atoms with van der Waals surface area (Å²) in [5.41, 5.74) is 0.120. The van der Waals surface area contributed by atoms with Crippen molar-refractivity contribution in [1.29, 1.82) is 0 Å². The van der Waals surface area contributed by atoms with Gasteiger partial charge in [-0.15, -0.1) is 0 Å². The SMILES string of the molecule is CC(OC(=O)c1cc(S(=O)(=O)Nc2ccc(Cl)cc2)ccc1Cl)C(=O)NCC1CCCO1. The Labute approximate surface area is 196 Å². The van der Waals surface area contributed by atoms with Crippen LogP contribution in [0.1, 0.15) is 30.1 Å². The number of carbonyl (C=O) groups excluding carboxylic acids is 2. The minimum Gasteiger partial charge on any atom is -0.449 e. The molecule has 0 aromatic heterocycles. The number of ether oxygens (including phenoxy) is 2. The van der Waals surface area contributed by atoms with Gasteiger partial charge in [-0.25, -0.2) is 13.2 Å². The lowest BCUT2D eigenvalue weighted by Gasteiger charge is -2.16. The number of anilines is 1. The van der Waals surface area contributed by atoms with E-state index in [1.54, 1.807) is 0 Å². The molecule has 0 bridgehead atoms. The van der Waals surface area contributed by atoms with Crippen LogP contribution in [0, 0.1) is 0 Å². The molecule has 1 amide bonds. The number of hydrogen-bond donors (Lipinski definition) is 2. The standard InChI is InChI=1S/C21H22Cl2N2O6S/c1-13(20(26)24-12-16-3-2-10-30-16)31-21(27)18-11-17(8-9-19(18)23)32(28,29)25-15-6-4-14(22)5-7-15/h4-9,11,13,16,25H,2-3,10,12H2,1H3,(H,24,26). The highest BCUT2D eigenvalue weighted by atomic mass is 35.5. The van der Waals surface area contributed by atoms with Crippen LogP contribution < -0.4 is 10.0 Å². The third kappa shape index (κ3) is 6.35. The first-order valence-electron chi connectivity index (χ1n) is 9.84. The molecule has 3 rings (SSSR count). The van der Waals surface area contributed by atoms with Crippen LogP contribution in [-0.4, -0.2) is 45.7 Å². The largest absolute Gasteiger partial charge is 0.449 e. The topological polar surface area (TPSA) is 111 Å². The zero-order chi connectivity index (χ0) is 23.3. The molecule has 32 heavy (non-hydrogen) atoms.